The number of halogens is 2. The van der Waals surface area contributed by atoms with Gasteiger partial charge in [0, 0.05) is 24.2 Å². The number of likely N-dealkylation sites (N-methyl/N-ethyl adjacent to an activating group) is 1. The van der Waals surface area contributed by atoms with Gasteiger partial charge in [-0.1, -0.05) is 41.9 Å². The Morgan fingerprint density at radius 2 is 1.79 bits per heavy atom. The molecule has 0 aliphatic carbocycles. The van der Waals surface area contributed by atoms with Crippen molar-refractivity contribution >= 4 is 40.6 Å². The van der Waals surface area contributed by atoms with E-state index in [9.17, 15) is 14.0 Å². The molecule has 4 rings (SSSR count). The molecule has 1 unspecified atom stereocenters. The molecule has 7 nitrogen and oxygen atoms in total. The number of benzene rings is 3. The van der Waals surface area contributed by atoms with Gasteiger partial charge in [0.25, 0.3) is 5.91 Å². The maximum Gasteiger partial charge on any atom is 0.321 e. The Hall–Kier alpha value is -3.91. The van der Waals surface area contributed by atoms with Crippen LogP contribution in [0.1, 0.15) is 11.1 Å². The molecule has 9 heteroatoms. The molecule has 2 N–H and O–H groups in total. The number of urea groups is 1. The summed E-state index contributed by atoms with van der Waals surface area (Å²) in [4.78, 5) is 31.8. The predicted molar refractivity (Wildman–Crippen MR) is 126 cm³/mol. The molecule has 3 aromatic rings. The van der Waals surface area contributed by atoms with E-state index in [4.69, 9.17) is 16.3 Å². The van der Waals surface area contributed by atoms with Crippen LogP contribution in [0.5, 0.6) is 5.75 Å². The Labute approximate surface area is 194 Å². The fourth-order valence-corrected chi connectivity index (χ4v) is 3.66. The van der Waals surface area contributed by atoms with Crippen molar-refractivity contribution in [2.24, 2.45) is 4.99 Å². The molecule has 0 saturated heterocycles. The first kappa shape index (κ1) is 22.3. The molecule has 33 heavy (non-hydrogen) atoms. The maximum absolute atomic E-state index is 14.7. The minimum Gasteiger partial charge on any atom is -0.497 e. The molecule has 0 bridgehead atoms. The van der Waals surface area contributed by atoms with E-state index in [-0.39, 0.29) is 11.3 Å². The van der Waals surface area contributed by atoms with Crippen LogP contribution in [0.3, 0.4) is 0 Å². The van der Waals surface area contributed by atoms with E-state index in [1.807, 2.05) is 0 Å². The van der Waals surface area contributed by atoms with Gasteiger partial charge in [-0.3, -0.25) is 4.79 Å². The molecule has 1 atom stereocenters. The van der Waals surface area contributed by atoms with E-state index in [2.05, 4.69) is 15.6 Å². The standard InChI is InChI=1S/C24H20ClFN4O3/c1-30-20-10-6-4-8-16(20)21(15-7-3-5-9-18(15)26)28-22(23(30)31)29-24(32)27-19-13-14(33-2)11-12-17(19)25/h3-13,22H,1-2H3,(H2,27,29,32). The second kappa shape index (κ2) is 9.30. The molecule has 3 aromatic carbocycles. The zero-order chi connectivity index (χ0) is 23.5. The van der Waals surface area contributed by atoms with Crippen LogP contribution in [0.25, 0.3) is 0 Å². The van der Waals surface area contributed by atoms with Crippen LogP contribution >= 0.6 is 11.6 Å². The number of nitrogens with one attached hydrogen (secondary N) is 2. The van der Waals surface area contributed by atoms with Gasteiger partial charge in [0.2, 0.25) is 6.17 Å². The molecule has 0 spiro atoms. The van der Waals surface area contributed by atoms with E-state index in [0.29, 0.717) is 27.7 Å². The van der Waals surface area contributed by atoms with E-state index >= 15 is 0 Å². The summed E-state index contributed by atoms with van der Waals surface area (Å²) in [5.74, 6) is -0.481. The average molecular weight is 467 g/mol. The van der Waals surface area contributed by atoms with Gasteiger partial charge in [-0.25, -0.2) is 14.2 Å². The minimum absolute atomic E-state index is 0.219. The van der Waals surface area contributed by atoms with Gasteiger partial charge in [-0.2, -0.15) is 0 Å². The first-order valence-electron chi connectivity index (χ1n) is 9.99. The largest absolute Gasteiger partial charge is 0.497 e. The zero-order valence-corrected chi connectivity index (χ0v) is 18.6. The lowest BCUT2D eigenvalue weighted by Crippen LogP contribution is -2.47. The smallest absolute Gasteiger partial charge is 0.321 e. The third-order valence-corrected chi connectivity index (χ3v) is 5.49. The highest BCUT2D eigenvalue weighted by Crippen LogP contribution is 2.29. The number of carbonyl (C=O) groups is 2. The Morgan fingerprint density at radius 1 is 1.09 bits per heavy atom. The fourth-order valence-electron chi connectivity index (χ4n) is 3.49. The number of hydrogen-bond acceptors (Lipinski definition) is 4. The predicted octanol–water partition coefficient (Wildman–Crippen LogP) is 4.45. The number of hydrogen-bond donors (Lipinski definition) is 2. The van der Waals surface area contributed by atoms with Gasteiger partial charge in [0.05, 0.1) is 29.2 Å². The van der Waals surface area contributed by atoms with E-state index in [1.165, 1.54) is 18.1 Å². The van der Waals surface area contributed by atoms with Crippen molar-refractivity contribution in [1.82, 2.24) is 5.32 Å². The number of fused-ring (bicyclic) bond motifs is 1. The number of para-hydroxylation sites is 1. The summed E-state index contributed by atoms with van der Waals surface area (Å²) in [6.45, 7) is 0. The monoisotopic (exact) mass is 466 g/mol. The summed E-state index contributed by atoms with van der Waals surface area (Å²) in [6, 6.07) is 17.2. The van der Waals surface area contributed by atoms with Gasteiger partial charge in [-0.05, 0) is 30.3 Å². The fraction of sp³-hybridized carbons (Fsp3) is 0.125. The highest BCUT2D eigenvalue weighted by molar-refractivity contribution is 6.33. The Balaban J connectivity index is 1.71. The second-order valence-electron chi connectivity index (χ2n) is 7.22. The summed E-state index contributed by atoms with van der Waals surface area (Å²) in [5.41, 5.74) is 1.88. The van der Waals surface area contributed by atoms with Crippen molar-refractivity contribution in [1.29, 1.82) is 0 Å². The van der Waals surface area contributed by atoms with E-state index < -0.39 is 23.9 Å². The van der Waals surface area contributed by atoms with Crippen molar-refractivity contribution in [2.75, 3.05) is 24.4 Å². The van der Waals surface area contributed by atoms with Crippen LogP contribution in [0.4, 0.5) is 20.6 Å². The molecule has 1 aliphatic heterocycles. The van der Waals surface area contributed by atoms with Crippen molar-refractivity contribution < 1.29 is 18.7 Å². The first-order chi connectivity index (χ1) is 15.9. The van der Waals surface area contributed by atoms with Crippen molar-refractivity contribution in [3.05, 3.63) is 88.7 Å². The lowest BCUT2D eigenvalue weighted by Gasteiger charge is -2.21. The lowest BCUT2D eigenvalue weighted by atomic mass is 10.00. The summed E-state index contributed by atoms with van der Waals surface area (Å²) >= 11 is 6.16. The third kappa shape index (κ3) is 4.51. The highest BCUT2D eigenvalue weighted by Gasteiger charge is 2.31. The molecule has 0 radical (unpaired) electrons. The SMILES string of the molecule is COc1ccc(Cl)c(NC(=O)NC2N=C(c3ccccc3F)c3ccccc3N(C)C2=O)c1. The Morgan fingerprint density at radius 3 is 2.52 bits per heavy atom. The molecule has 1 heterocycles. The number of methoxy groups -OCH3 is 1. The molecule has 3 amide bonds. The first-order valence-corrected chi connectivity index (χ1v) is 10.4. The van der Waals surface area contributed by atoms with E-state index in [0.717, 1.165) is 0 Å². The highest BCUT2D eigenvalue weighted by atomic mass is 35.5. The molecule has 0 aromatic heterocycles. The zero-order valence-electron chi connectivity index (χ0n) is 17.8. The third-order valence-electron chi connectivity index (χ3n) is 5.16. The number of nitrogens with zero attached hydrogens (tertiary/aromatic N) is 2. The summed E-state index contributed by atoms with van der Waals surface area (Å²) in [5, 5.41) is 5.44. The Kier molecular flexibility index (Phi) is 6.28. The summed E-state index contributed by atoms with van der Waals surface area (Å²) in [7, 11) is 3.07. The number of rotatable bonds is 4. The normalized spacial score (nSPS) is 15.3. The number of carbonyl (C=O) groups excluding carboxylic acids is 2. The van der Waals surface area contributed by atoms with Crippen LogP contribution in [0.2, 0.25) is 5.02 Å². The maximum atomic E-state index is 14.7. The molecule has 168 valence electrons. The second-order valence-corrected chi connectivity index (χ2v) is 7.63. The molecule has 0 fully saturated rings. The molecule has 1 aliphatic rings. The van der Waals surface area contributed by atoms with Crippen LogP contribution in [-0.2, 0) is 4.79 Å². The number of aliphatic imine (C=N–C) groups is 1. The topological polar surface area (TPSA) is 83.0 Å². The van der Waals surface area contributed by atoms with Crippen molar-refractivity contribution in [2.45, 2.75) is 6.17 Å². The summed E-state index contributed by atoms with van der Waals surface area (Å²) in [6.07, 6.45) is -1.30. The van der Waals surface area contributed by atoms with Gasteiger partial charge in [0.1, 0.15) is 11.6 Å². The molecule has 0 saturated carbocycles. The van der Waals surface area contributed by atoms with Crippen LogP contribution in [-0.4, -0.2) is 38.0 Å². The van der Waals surface area contributed by atoms with Crippen LogP contribution in [0.15, 0.2) is 71.7 Å². The number of benzodiazepines with no additional fused rings is 1. The summed E-state index contributed by atoms with van der Waals surface area (Å²) < 4.78 is 19.8. The molecular formula is C24H20ClFN4O3. The van der Waals surface area contributed by atoms with Crippen LogP contribution in [0, 0.1) is 5.82 Å². The minimum atomic E-state index is -1.30. The number of amides is 3. The van der Waals surface area contributed by atoms with Gasteiger partial charge < -0.3 is 20.3 Å². The number of ether oxygens (including phenoxy) is 1. The van der Waals surface area contributed by atoms with Gasteiger partial charge in [0.15, 0.2) is 0 Å². The Bertz CT molecular complexity index is 1260. The van der Waals surface area contributed by atoms with Crippen molar-refractivity contribution in [3.8, 4) is 5.75 Å². The van der Waals surface area contributed by atoms with Gasteiger partial charge in [-0.15, -0.1) is 0 Å². The average Bonchev–Trinajstić information content (AvgIpc) is 2.92. The lowest BCUT2D eigenvalue weighted by molar-refractivity contribution is -0.119. The number of anilines is 2. The van der Waals surface area contributed by atoms with Crippen molar-refractivity contribution in [3.63, 3.8) is 0 Å². The quantitative estimate of drug-likeness (QED) is 0.596. The molecular weight excluding hydrogens is 447 g/mol. The van der Waals surface area contributed by atoms with E-state index in [1.54, 1.807) is 67.7 Å². The van der Waals surface area contributed by atoms with Gasteiger partial charge >= 0.3 is 6.03 Å². The van der Waals surface area contributed by atoms with Crippen LogP contribution < -0.4 is 20.3 Å².